The summed E-state index contributed by atoms with van der Waals surface area (Å²) in [6, 6.07) is 16.0. The lowest BCUT2D eigenvalue weighted by Crippen LogP contribution is -2.53. The number of nitrogens with two attached hydrogens (primary N) is 1. The van der Waals surface area contributed by atoms with Crippen molar-refractivity contribution in [2.75, 3.05) is 6.61 Å². The monoisotopic (exact) mass is 497 g/mol. The molecule has 3 aromatic carbocycles. The first-order valence-electron chi connectivity index (χ1n) is 10.7. The van der Waals surface area contributed by atoms with Crippen LogP contribution in [0, 0.1) is 5.41 Å². The molecule has 0 spiro atoms. The molecule has 11 heteroatoms. The summed E-state index contributed by atoms with van der Waals surface area (Å²) in [6.45, 7) is 0.822. The van der Waals surface area contributed by atoms with Gasteiger partial charge in [-0.15, -0.1) is 0 Å². The fourth-order valence-corrected chi connectivity index (χ4v) is 4.51. The van der Waals surface area contributed by atoms with Gasteiger partial charge in [0.25, 0.3) is 0 Å². The smallest absolute Gasteiger partial charge is 0.242 e. The van der Waals surface area contributed by atoms with Crippen LogP contribution in [-0.2, 0) is 26.2 Å². The van der Waals surface area contributed by atoms with Gasteiger partial charge in [0.05, 0.1) is 11.5 Å². The van der Waals surface area contributed by atoms with E-state index in [9.17, 15) is 23.1 Å². The van der Waals surface area contributed by atoms with Crippen molar-refractivity contribution in [3.63, 3.8) is 0 Å². The molecule has 0 aliphatic heterocycles. The van der Waals surface area contributed by atoms with E-state index in [1.807, 2.05) is 12.1 Å². The first-order chi connectivity index (χ1) is 16.6. The lowest BCUT2D eigenvalue weighted by molar-refractivity contribution is -0.130. The highest BCUT2D eigenvalue weighted by Crippen LogP contribution is 2.19. The third-order valence-corrected chi connectivity index (χ3v) is 6.78. The first kappa shape index (κ1) is 25.8. The molecule has 3 rings (SSSR count). The Morgan fingerprint density at radius 2 is 1.66 bits per heavy atom. The van der Waals surface area contributed by atoms with Gasteiger partial charge >= 0.3 is 0 Å². The summed E-state index contributed by atoms with van der Waals surface area (Å²) in [5.74, 6) is -1.40. The molecule has 35 heavy (non-hydrogen) atoms. The van der Waals surface area contributed by atoms with Gasteiger partial charge in [-0.2, -0.15) is 4.72 Å². The standard InChI is InChI=1S/C24H27N5O5S/c1-15(23(31)27-13-16-6-8-18(9-7-16)22(25)26)28-24(32)21(14-30)29-35(33,34)20-11-10-17-4-2-3-5-19(17)12-20/h2-12,15,21,29-30H,13-14H2,1H3,(H3,25,26)(H,27,31)(H,28,32)/t15-,21+/m0/s1. The first-order valence-corrected chi connectivity index (χ1v) is 12.2. The fraction of sp³-hybridized carbons (Fsp3) is 0.208. The normalized spacial score (nSPS) is 13.1. The van der Waals surface area contributed by atoms with Crippen molar-refractivity contribution in [3.8, 4) is 0 Å². The molecule has 10 nitrogen and oxygen atoms in total. The maximum absolute atomic E-state index is 12.8. The zero-order valence-corrected chi connectivity index (χ0v) is 19.8. The molecule has 0 saturated carbocycles. The second-order valence-corrected chi connectivity index (χ2v) is 9.64. The molecule has 0 fully saturated rings. The van der Waals surface area contributed by atoms with Gasteiger partial charge in [-0.3, -0.25) is 15.0 Å². The average Bonchev–Trinajstić information content (AvgIpc) is 2.85. The molecule has 0 heterocycles. The Morgan fingerprint density at radius 1 is 1.00 bits per heavy atom. The van der Waals surface area contributed by atoms with Crippen LogP contribution in [0.1, 0.15) is 18.1 Å². The molecule has 2 amide bonds. The lowest BCUT2D eigenvalue weighted by atomic mass is 10.1. The number of amidine groups is 1. The van der Waals surface area contributed by atoms with Crippen LogP contribution in [0.2, 0.25) is 0 Å². The Balaban J connectivity index is 1.59. The van der Waals surface area contributed by atoms with Crippen molar-refractivity contribution in [2.24, 2.45) is 5.73 Å². The number of hydrogen-bond acceptors (Lipinski definition) is 6. The number of sulfonamides is 1. The number of hydrogen-bond donors (Lipinski definition) is 6. The van der Waals surface area contributed by atoms with E-state index in [0.717, 1.165) is 10.9 Å². The molecule has 7 N–H and O–H groups in total. The summed E-state index contributed by atoms with van der Waals surface area (Å²) in [7, 11) is -4.12. The average molecular weight is 498 g/mol. The number of nitrogen functional groups attached to an aromatic ring is 1. The molecule has 2 atom stereocenters. The number of fused-ring (bicyclic) bond motifs is 1. The minimum absolute atomic E-state index is 0.0518. The van der Waals surface area contributed by atoms with Gasteiger partial charge in [-0.25, -0.2) is 8.42 Å². The Bertz CT molecular complexity index is 1340. The van der Waals surface area contributed by atoms with E-state index in [1.54, 1.807) is 42.5 Å². The number of carbonyl (C=O) groups is 2. The Hall–Kier alpha value is -3.80. The van der Waals surface area contributed by atoms with Gasteiger partial charge in [0, 0.05) is 12.1 Å². The zero-order valence-electron chi connectivity index (χ0n) is 19.0. The zero-order chi connectivity index (χ0) is 25.6. The molecule has 0 aromatic heterocycles. The van der Waals surface area contributed by atoms with Crippen molar-refractivity contribution >= 4 is 38.4 Å². The van der Waals surface area contributed by atoms with E-state index in [4.69, 9.17) is 11.1 Å². The third kappa shape index (κ3) is 6.63. The van der Waals surface area contributed by atoms with Crippen molar-refractivity contribution in [3.05, 3.63) is 77.9 Å². The van der Waals surface area contributed by atoms with Gasteiger partial charge in [-0.1, -0.05) is 54.6 Å². The second-order valence-electron chi connectivity index (χ2n) is 7.92. The van der Waals surface area contributed by atoms with Gasteiger partial charge in [0.15, 0.2) is 0 Å². The summed E-state index contributed by atoms with van der Waals surface area (Å²) in [5, 5.41) is 23.7. The number of aliphatic hydroxyl groups is 1. The Kier molecular flexibility index (Phi) is 8.18. The van der Waals surface area contributed by atoms with Crippen LogP contribution >= 0.6 is 0 Å². The second kappa shape index (κ2) is 11.1. The molecule has 184 valence electrons. The molecular weight excluding hydrogens is 470 g/mol. The topological polar surface area (TPSA) is 174 Å². The Labute approximate surface area is 203 Å². The molecule has 0 bridgehead atoms. The maximum atomic E-state index is 12.8. The van der Waals surface area contributed by atoms with Crippen LogP contribution < -0.4 is 21.1 Å². The molecule has 0 aliphatic carbocycles. The molecule has 0 saturated heterocycles. The van der Waals surface area contributed by atoms with Crippen LogP contribution in [0.3, 0.4) is 0 Å². The number of amides is 2. The van der Waals surface area contributed by atoms with Crippen LogP contribution in [0.4, 0.5) is 0 Å². The van der Waals surface area contributed by atoms with Crippen LogP contribution in [0.5, 0.6) is 0 Å². The minimum Gasteiger partial charge on any atom is -0.394 e. The summed E-state index contributed by atoms with van der Waals surface area (Å²) < 4.78 is 27.8. The van der Waals surface area contributed by atoms with Crippen molar-refractivity contribution in [1.82, 2.24) is 15.4 Å². The highest BCUT2D eigenvalue weighted by atomic mass is 32.2. The molecule has 0 unspecified atom stereocenters. The number of nitrogens with one attached hydrogen (secondary N) is 4. The lowest BCUT2D eigenvalue weighted by Gasteiger charge is -2.20. The fourth-order valence-electron chi connectivity index (χ4n) is 3.29. The van der Waals surface area contributed by atoms with E-state index >= 15 is 0 Å². The predicted molar refractivity (Wildman–Crippen MR) is 132 cm³/mol. The molecule has 0 aliphatic rings. The van der Waals surface area contributed by atoms with Crippen molar-refractivity contribution < 1.29 is 23.1 Å². The van der Waals surface area contributed by atoms with Gasteiger partial charge in [-0.05, 0) is 35.4 Å². The summed E-state index contributed by atoms with van der Waals surface area (Å²) in [6.07, 6.45) is 0. The highest BCUT2D eigenvalue weighted by Gasteiger charge is 2.27. The molecule has 0 radical (unpaired) electrons. The van der Waals surface area contributed by atoms with Gasteiger partial charge in [0.2, 0.25) is 21.8 Å². The number of carbonyl (C=O) groups excluding carboxylic acids is 2. The van der Waals surface area contributed by atoms with E-state index < -0.39 is 40.5 Å². The number of benzene rings is 3. The summed E-state index contributed by atoms with van der Waals surface area (Å²) in [4.78, 5) is 24.9. The number of rotatable bonds is 10. The minimum atomic E-state index is -4.12. The van der Waals surface area contributed by atoms with E-state index in [2.05, 4.69) is 15.4 Å². The van der Waals surface area contributed by atoms with Gasteiger partial charge in [0.1, 0.15) is 17.9 Å². The van der Waals surface area contributed by atoms with E-state index in [1.165, 1.54) is 19.1 Å². The highest BCUT2D eigenvalue weighted by molar-refractivity contribution is 7.89. The van der Waals surface area contributed by atoms with Crippen molar-refractivity contribution in [2.45, 2.75) is 30.4 Å². The quantitative estimate of drug-likeness (QED) is 0.176. The van der Waals surface area contributed by atoms with E-state index in [0.29, 0.717) is 10.9 Å². The molecule has 3 aromatic rings. The predicted octanol–water partition coefficient (Wildman–Crippen LogP) is 0.584. The van der Waals surface area contributed by atoms with E-state index in [-0.39, 0.29) is 17.3 Å². The Morgan fingerprint density at radius 3 is 2.29 bits per heavy atom. The summed E-state index contributed by atoms with van der Waals surface area (Å²) in [5.41, 5.74) is 6.73. The third-order valence-electron chi connectivity index (χ3n) is 5.31. The van der Waals surface area contributed by atoms with Crippen LogP contribution in [0.25, 0.3) is 10.8 Å². The van der Waals surface area contributed by atoms with Gasteiger partial charge < -0.3 is 21.5 Å². The molecular formula is C24H27N5O5S. The largest absolute Gasteiger partial charge is 0.394 e. The number of aliphatic hydroxyl groups excluding tert-OH is 1. The summed E-state index contributed by atoms with van der Waals surface area (Å²) >= 11 is 0. The van der Waals surface area contributed by atoms with Crippen molar-refractivity contribution in [1.29, 1.82) is 5.41 Å². The maximum Gasteiger partial charge on any atom is 0.242 e. The van der Waals surface area contributed by atoms with Crippen LogP contribution in [0.15, 0.2) is 71.6 Å². The SMILES string of the molecule is C[C@H](NC(=O)[C@@H](CO)NS(=O)(=O)c1ccc2ccccc2c1)C(=O)NCc1ccc(C(=N)N)cc1. The van der Waals surface area contributed by atoms with Crippen LogP contribution in [-0.4, -0.2) is 49.9 Å².